The van der Waals surface area contributed by atoms with Crippen LogP contribution < -0.4 is 5.32 Å². The van der Waals surface area contributed by atoms with Gasteiger partial charge in [0.15, 0.2) is 0 Å². The minimum Gasteiger partial charge on any atom is -0.326 e. The lowest BCUT2D eigenvalue weighted by molar-refractivity contribution is -0.140. The molecule has 0 spiro atoms. The van der Waals surface area contributed by atoms with Crippen LogP contribution in [0, 0.1) is 23.2 Å². The zero-order valence-electron chi connectivity index (χ0n) is 14.0. The second kappa shape index (κ2) is 7.47. The van der Waals surface area contributed by atoms with Gasteiger partial charge in [0.2, 0.25) is 17.7 Å². The topological polar surface area (TPSA) is 90.3 Å². The first-order valence-corrected chi connectivity index (χ1v) is 8.71. The molecule has 130 valence electrons. The highest BCUT2D eigenvalue weighted by Gasteiger charge is 2.47. The van der Waals surface area contributed by atoms with Crippen LogP contribution in [0.1, 0.15) is 37.7 Å². The van der Waals surface area contributed by atoms with Crippen LogP contribution in [0.15, 0.2) is 24.3 Å². The van der Waals surface area contributed by atoms with Crippen LogP contribution in [0.4, 0.5) is 5.69 Å². The molecule has 1 aliphatic carbocycles. The first kappa shape index (κ1) is 17.2. The molecule has 0 aromatic heterocycles. The van der Waals surface area contributed by atoms with E-state index in [1.54, 1.807) is 24.3 Å². The van der Waals surface area contributed by atoms with Gasteiger partial charge in [0.1, 0.15) is 0 Å². The van der Waals surface area contributed by atoms with Crippen LogP contribution in [-0.4, -0.2) is 29.2 Å². The summed E-state index contributed by atoms with van der Waals surface area (Å²) in [5.74, 6) is -0.788. The zero-order valence-corrected chi connectivity index (χ0v) is 14.0. The molecule has 1 aromatic carbocycles. The number of hydrogen-bond acceptors (Lipinski definition) is 4. The normalized spacial score (nSPS) is 22.4. The van der Waals surface area contributed by atoms with Gasteiger partial charge < -0.3 is 5.32 Å². The minimum atomic E-state index is -0.233. The van der Waals surface area contributed by atoms with Crippen molar-refractivity contribution in [3.8, 4) is 6.07 Å². The molecule has 1 aliphatic heterocycles. The first-order valence-electron chi connectivity index (χ1n) is 8.71. The molecule has 1 saturated carbocycles. The number of benzene rings is 1. The van der Waals surface area contributed by atoms with E-state index in [0.29, 0.717) is 12.1 Å². The van der Waals surface area contributed by atoms with E-state index in [4.69, 9.17) is 5.26 Å². The monoisotopic (exact) mass is 339 g/mol. The van der Waals surface area contributed by atoms with Crippen LogP contribution in [0.3, 0.4) is 0 Å². The third-order valence-electron chi connectivity index (χ3n) is 5.02. The fourth-order valence-corrected chi connectivity index (χ4v) is 3.69. The maximum absolute atomic E-state index is 12.4. The molecule has 1 saturated heterocycles. The van der Waals surface area contributed by atoms with E-state index in [0.717, 1.165) is 31.2 Å². The third-order valence-corrected chi connectivity index (χ3v) is 5.02. The Morgan fingerprint density at radius 2 is 1.72 bits per heavy atom. The molecule has 0 bridgehead atoms. The van der Waals surface area contributed by atoms with Crippen LogP contribution in [0.5, 0.6) is 0 Å². The van der Waals surface area contributed by atoms with E-state index in [-0.39, 0.29) is 42.5 Å². The summed E-state index contributed by atoms with van der Waals surface area (Å²) in [4.78, 5) is 38.1. The standard InChI is InChI=1S/C19H21N3O3/c20-11-9-13-5-7-14(8-6-13)21-17(23)10-12-22-18(24)15-3-1-2-4-16(15)19(22)25/h5-8,15-16H,1-4,9-10,12H2,(H,21,23)/t15-,16-/m1/s1. The van der Waals surface area contributed by atoms with Crippen LogP contribution >= 0.6 is 0 Å². The lowest BCUT2D eigenvalue weighted by atomic mass is 9.81. The highest BCUT2D eigenvalue weighted by atomic mass is 16.2. The van der Waals surface area contributed by atoms with Crippen molar-refractivity contribution < 1.29 is 14.4 Å². The van der Waals surface area contributed by atoms with Crippen molar-refractivity contribution in [1.82, 2.24) is 4.90 Å². The van der Waals surface area contributed by atoms with Crippen molar-refractivity contribution in [3.63, 3.8) is 0 Å². The summed E-state index contributed by atoms with van der Waals surface area (Å²) in [6.45, 7) is 0.142. The molecular formula is C19H21N3O3. The van der Waals surface area contributed by atoms with Crippen molar-refractivity contribution in [3.05, 3.63) is 29.8 Å². The Morgan fingerprint density at radius 3 is 2.28 bits per heavy atom. The van der Waals surface area contributed by atoms with Gasteiger partial charge in [0.05, 0.1) is 24.3 Å². The van der Waals surface area contributed by atoms with E-state index in [1.807, 2.05) is 0 Å². The van der Waals surface area contributed by atoms with Gasteiger partial charge in [-0.05, 0) is 30.5 Å². The van der Waals surface area contributed by atoms with Crippen molar-refractivity contribution >= 4 is 23.4 Å². The largest absolute Gasteiger partial charge is 0.326 e. The molecule has 0 radical (unpaired) electrons. The second-order valence-corrected chi connectivity index (χ2v) is 6.66. The van der Waals surface area contributed by atoms with Gasteiger partial charge in [-0.3, -0.25) is 19.3 Å². The molecule has 2 fully saturated rings. The lowest BCUT2D eigenvalue weighted by Gasteiger charge is -2.19. The van der Waals surface area contributed by atoms with Gasteiger partial charge in [-0.25, -0.2) is 0 Å². The van der Waals surface area contributed by atoms with E-state index >= 15 is 0 Å². The molecule has 1 heterocycles. The summed E-state index contributed by atoms with van der Waals surface area (Å²) in [5.41, 5.74) is 1.52. The molecule has 6 heteroatoms. The lowest BCUT2D eigenvalue weighted by Crippen LogP contribution is -2.34. The molecule has 0 unspecified atom stereocenters. The van der Waals surface area contributed by atoms with Gasteiger partial charge in [0, 0.05) is 18.7 Å². The van der Waals surface area contributed by atoms with Crippen LogP contribution in [0.2, 0.25) is 0 Å². The average molecular weight is 339 g/mol. The Bertz CT molecular complexity index is 696. The molecule has 1 aromatic rings. The number of imide groups is 1. The number of fused-ring (bicyclic) bond motifs is 1. The summed E-state index contributed by atoms with van der Waals surface area (Å²) in [5, 5.41) is 11.4. The molecular weight excluding hydrogens is 318 g/mol. The number of likely N-dealkylation sites (tertiary alicyclic amines) is 1. The number of rotatable bonds is 5. The number of carbonyl (C=O) groups excluding carboxylic acids is 3. The Morgan fingerprint density at radius 1 is 1.12 bits per heavy atom. The highest BCUT2D eigenvalue weighted by Crippen LogP contribution is 2.37. The molecule has 1 N–H and O–H groups in total. The summed E-state index contributed by atoms with van der Waals surface area (Å²) < 4.78 is 0. The van der Waals surface area contributed by atoms with Crippen molar-refractivity contribution in [2.24, 2.45) is 11.8 Å². The van der Waals surface area contributed by atoms with Crippen molar-refractivity contribution in [2.75, 3.05) is 11.9 Å². The van der Waals surface area contributed by atoms with Gasteiger partial charge >= 0.3 is 0 Å². The maximum Gasteiger partial charge on any atom is 0.233 e. The summed E-state index contributed by atoms with van der Waals surface area (Å²) >= 11 is 0. The summed E-state index contributed by atoms with van der Waals surface area (Å²) in [7, 11) is 0. The number of nitrogens with zero attached hydrogens (tertiary/aromatic N) is 2. The van der Waals surface area contributed by atoms with Gasteiger partial charge in [-0.15, -0.1) is 0 Å². The van der Waals surface area contributed by atoms with Crippen LogP contribution in [-0.2, 0) is 20.8 Å². The van der Waals surface area contributed by atoms with Gasteiger partial charge in [-0.1, -0.05) is 25.0 Å². The van der Waals surface area contributed by atoms with Crippen LogP contribution in [0.25, 0.3) is 0 Å². The molecule has 3 rings (SSSR count). The minimum absolute atomic E-state index is 0.0941. The highest BCUT2D eigenvalue weighted by molar-refractivity contribution is 6.05. The predicted octanol–water partition coefficient (Wildman–Crippen LogP) is 2.26. The first-order chi connectivity index (χ1) is 12.1. The number of carbonyl (C=O) groups is 3. The summed E-state index contributed by atoms with van der Waals surface area (Å²) in [6, 6.07) is 9.13. The fraction of sp³-hybridized carbons (Fsp3) is 0.474. The van der Waals surface area contributed by atoms with Crippen molar-refractivity contribution in [1.29, 1.82) is 5.26 Å². The SMILES string of the molecule is N#CCc1ccc(NC(=O)CCN2C(=O)[C@@H]3CCCC[C@H]3C2=O)cc1. The number of anilines is 1. The second-order valence-electron chi connectivity index (χ2n) is 6.66. The Kier molecular flexibility index (Phi) is 5.13. The smallest absolute Gasteiger partial charge is 0.233 e. The van der Waals surface area contributed by atoms with E-state index in [1.165, 1.54) is 4.90 Å². The molecule has 25 heavy (non-hydrogen) atoms. The number of nitrogens with one attached hydrogen (secondary N) is 1. The zero-order chi connectivity index (χ0) is 17.8. The predicted molar refractivity (Wildman–Crippen MR) is 91.2 cm³/mol. The Hall–Kier alpha value is -2.68. The number of nitriles is 1. The Balaban J connectivity index is 1.53. The van der Waals surface area contributed by atoms with Crippen molar-refractivity contribution in [2.45, 2.75) is 38.5 Å². The van der Waals surface area contributed by atoms with E-state index in [9.17, 15) is 14.4 Å². The van der Waals surface area contributed by atoms with E-state index < -0.39 is 0 Å². The maximum atomic E-state index is 12.4. The number of amides is 3. The van der Waals surface area contributed by atoms with Gasteiger partial charge in [0.25, 0.3) is 0 Å². The molecule has 2 atom stereocenters. The molecule has 3 amide bonds. The quantitative estimate of drug-likeness (QED) is 0.833. The third kappa shape index (κ3) is 3.71. The average Bonchev–Trinajstić information content (AvgIpc) is 2.86. The van der Waals surface area contributed by atoms with E-state index in [2.05, 4.69) is 11.4 Å². The summed E-state index contributed by atoms with van der Waals surface area (Å²) in [6.07, 6.45) is 3.99. The molecule has 6 nitrogen and oxygen atoms in total. The number of hydrogen-bond donors (Lipinski definition) is 1. The Labute approximate surface area is 146 Å². The fourth-order valence-electron chi connectivity index (χ4n) is 3.69. The molecule has 2 aliphatic rings. The van der Waals surface area contributed by atoms with Gasteiger partial charge in [-0.2, -0.15) is 5.26 Å².